The fourth-order valence-electron chi connectivity index (χ4n) is 7.59. The molecule has 0 bridgehead atoms. The number of hydrogen-bond donors (Lipinski definition) is 1. The Labute approximate surface area is 167 Å². The molecule has 8 atom stereocenters. The van der Waals surface area contributed by atoms with Crippen LogP contribution in [0.1, 0.15) is 50.7 Å². The standard InChI is InChI=1S/C24H31NO3/c1-15-6-5-10-23(2)12-19-20(21-24(15,23)28-21)18(22(26)27-19)14-25-11-9-16-7-3-4-8-17(16)13-25/h3-4,7-8,15,18-21H,5-6,9-14H2,1-2H3/p+1/t15-,18+,19+,20+,21-,23+,24-/m0/s1. The molecule has 5 aliphatic rings. The first kappa shape index (κ1) is 17.5. The summed E-state index contributed by atoms with van der Waals surface area (Å²) in [7, 11) is 0. The number of carbonyl (C=O) groups is 1. The van der Waals surface area contributed by atoms with Crippen molar-refractivity contribution in [1.82, 2.24) is 0 Å². The predicted octanol–water partition coefficient (Wildman–Crippen LogP) is 2.15. The van der Waals surface area contributed by atoms with Gasteiger partial charge >= 0.3 is 5.97 Å². The molecule has 3 heterocycles. The summed E-state index contributed by atoms with van der Waals surface area (Å²) >= 11 is 0. The van der Waals surface area contributed by atoms with Gasteiger partial charge in [-0.2, -0.15) is 0 Å². The van der Waals surface area contributed by atoms with Gasteiger partial charge in [-0.25, -0.2) is 0 Å². The summed E-state index contributed by atoms with van der Waals surface area (Å²) in [5.41, 5.74) is 3.13. The molecule has 4 heteroatoms. The molecule has 2 aliphatic carbocycles. The molecule has 4 fully saturated rings. The number of esters is 1. The first-order valence-corrected chi connectivity index (χ1v) is 11.3. The second-order valence-electron chi connectivity index (χ2n) is 10.4. The van der Waals surface area contributed by atoms with Crippen LogP contribution in [0.4, 0.5) is 0 Å². The summed E-state index contributed by atoms with van der Waals surface area (Å²) < 4.78 is 12.6. The zero-order valence-corrected chi connectivity index (χ0v) is 17.1. The van der Waals surface area contributed by atoms with Crippen molar-refractivity contribution in [3.8, 4) is 0 Å². The topological polar surface area (TPSA) is 43.3 Å². The number of hydrogen-bond acceptors (Lipinski definition) is 3. The van der Waals surface area contributed by atoms with E-state index in [9.17, 15) is 4.79 Å². The maximum Gasteiger partial charge on any atom is 0.315 e. The largest absolute Gasteiger partial charge is 0.462 e. The average molecular weight is 383 g/mol. The van der Waals surface area contributed by atoms with Crippen molar-refractivity contribution in [3.05, 3.63) is 35.4 Å². The third-order valence-corrected chi connectivity index (χ3v) is 9.01. The highest BCUT2D eigenvalue weighted by atomic mass is 16.6. The molecule has 0 radical (unpaired) electrons. The Morgan fingerprint density at radius 1 is 1.25 bits per heavy atom. The average Bonchev–Trinajstić information content (AvgIpc) is 3.37. The van der Waals surface area contributed by atoms with E-state index < -0.39 is 0 Å². The van der Waals surface area contributed by atoms with Gasteiger partial charge in [-0.3, -0.25) is 4.79 Å². The highest BCUT2D eigenvalue weighted by Crippen LogP contribution is 2.70. The van der Waals surface area contributed by atoms with Crippen LogP contribution in [0.5, 0.6) is 0 Å². The number of nitrogens with one attached hydrogen (secondary N) is 1. The number of fused-ring (bicyclic) bond motifs is 3. The van der Waals surface area contributed by atoms with Crippen molar-refractivity contribution >= 4 is 5.97 Å². The zero-order valence-electron chi connectivity index (χ0n) is 17.1. The van der Waals surface area contributed by atoms with Crippen LogP contribution in [0.15, 0.2) is 24.3 Å². The van der Waals surface area contributed by atoms with Crippen molar-refractivity contribution < 1.29 is 19.2 Å². The van der Waals surface area contributed by atoms with E-state index in [0.717, 1.165) is 32.5 Å². The van der Waals surface area contributed by atoms with Gasteiger partial charge in [0.05, 0.1) is 19.2 Å². The van der Waals surface area contributed by atoms with E-state index in [1.165, 1.54) is 35.3 Å². The first-order valence-electron chi connectivity index (χ1n) is 11.3. The summed E-state index contributed by atoms with van der Waals surface area (Å²) in [4.78, 5) is 14.5. The zero-order chi connectivity index (χ0) is 19.1. The Balaban J connectivity index is 1.24. The summed E-state index contributed by atoms with van der Waals surface area (Å²) in [5.74, 6) is 0.920. The van der Waals surface area contributed by atoms with Gasteiger partial charge in [0.15, 0.2) is 0 Å². The normalized spacial score (nSPS) is 48.7. The minimum Gasteiger partial charge on any atom is -0.462 e. The van der Waals surface area contributed by atoms with Gasteiger partial charge in [-0.05, 0) is 30.7 Å². The maximum absolute atomic E-state index is 12.9. The highest BCUT2D eigenvalue weighted by molar-refractivity contribution is 5.76. The van der Waals surface area contributed by atoms with Crippen LogP contribution in [-0.4, -0.2) is 36.9 Å². The summed E-state index contributed by atoms with van der Waals surface area (Å²) in [5, 5.41) is 0. The van der Waals surface area contributed by atoms with E-state index in [-0.39, 0.29) is 41.0 Å². The molecule has 28 heavy (non-hydrogen) atoms. The molecule has 1 N–H and O–H groups in total. The second kappa shape index (κ2) is 5.82. The van der Waals surface area contributed by atoms with Crippen LogP contribution in [0.2, 0.25) is 0 Å². The number of carbonyl (C=O) groups excluding carboxylic acids is 1. The minimum atomic E-state index is 0.00770. The van der Waals surface area contributed by atoms with Crippen molar-refractivity contribution in [2.24, 2.45) is 23.2 Å². The monoisotopic (exact) mass is 382 g/mol. The van der Waals surface area contributed by atoms with E-state index in [0.29, 0.717) is 5.92 Å². The molecule has 1 spiro atoms. The van der Waals surface area contributed by atoms with Crippen LogP contribution in [0.3, 0.4) is 0 Å². The summed E-state index contributed by atoms with van der Waals surface area (Å²) in [6.45, 7) is 7.81. The van der Waals surface area contributed by atoms with Gasteiger partial charge in [0.2, 0.25) is 0 Å². The lowest BCUT2D eigenvalue weighted by Gasteiger charge is -2.48. The smallest absolute Gasteiger partial charge is 0.315 e. The molecule has 0 amide bonds. The molecule has 3 aliphatic heterocycles. The minimum absolute atomic E-state index is 0.00770. The molecule has 1 unspecified atom stereocenters. The van der Waals surface area contributed by atoms with Gasteiger partial charge in [0.25, 0.3) is 0 Å². The molecule has 2 saturated heterocycles. The lowest BCUT2D eigenvalue weighted by molar-refractivity contribution is -0.918. The van der Waals surface area contributed by atoms with Crippen LogP contribution in [-0.2, 0) is 27.2 Å². The fourth-order valence-corrected chi connectivity index (χ4v) is 7.59. The lowest BCUT2D eigenvalue weighted by atomic mass is 9.53. The third kappa shape index (κ3) is 2.22. The Morgan fingerprint density at radius 2 is 2.07 bits per heavy atom. The fraction of sp³-hybridized carbons (Fsp3) is 0.708. The molecule has 1 aromatic carbocycles. The van der Waals surface area contributed by atoms with Crippen LogP contribution < -0.4 is 4.90 Å². The molecular weight excluding hydrogens is 350 g/mol. The van der Waals surface area contributed by atoms with Gasteiger partial charge < -0.3 is 14.4 Å². The van der Waals surface area contributed by atoms with E-state index in [4.69, 9.17) is 9.47 Å². The highest BCUT2D eigenvalue weighted by Gasteiger charge is 2.78. The number of rotatable bonds is 2. The second-order valence-corrected chi connectivity index (χ2v) is 10.4. The van der Waals surface area contributed by atoms with Crippen molar-refractivity contribution in [1.29, 1.82) is 0 Å². The number of quaternary nitrogens is 1. The summed E-state index contributed by atoms with van der Waals surface area (Å²) in [6.07, 6.45) is 6.18. The predicted molar refractivity (Wildman–Crippen MR) is 105 cm³/mol. The van der Waals surface area contributed by atoms with E-state index in [1.807, 2.05) is 0 Å². The summed E-state index contributed by atoms with van der Waals surface area (Å²) in [6, 6.07) is 8.77. The SMILES string of the molecule is C[C@H]1CCC[C@]2(C)C[C@H]3OC(=O)[C@H](C[NH+]4CCc5ccccc5C4)[C@H]3[C@@H]3O[C@@]132. The van der Waals surface area contributed by atoms with Crippen molar-refractivity contribution in [2.45, 2.75) is 70.3 Å². The van der Waals surface area contributed by atoms with Gasteiger partial charge in [-0.15, -0.1) is 0 Å². The van der Waals surface area contributed by atoms with Crippen LogP contribution >= 0.6 is 0 Å². The number of epoxide rings is 1. The maximum atomic E-state index is 12.9. The van der Waals surface area contributed by atoms with E-state index >= 15 is 0 Å². The molecule has 6 rings (SSSR count). The lowest BCUT2D eigenvalue weighted by Crippen LogP contribution is -3.12. The molecular formula is C24H32NO3+. The Morgan fingerprint density at radius 3 is 2.93 bits per heavy atom. The Bertz CT molecular complexity index is 824. The molecule has 2 saturated carbocycles. The van der Waals surface area contributed by atoms with Crippen LogP contribution in [0, 0.1) is 23.2 Å². The molecule has 0 aromatic heterocycles. The number of ether oxygens (including phenoxy) is 2. The van der Waals surface area contributed by atoms with Gasteiger partial charge in [-0.1, -0.05) is 44.5 Å². The molecule has 150 valence electrons. The third-order valence-electron chi connectivity index (χ3n) is 9.01. The quantitative estimate of drug-likeness (QED) is 0.630. The first-order chi connectivity index (χ1) is 13.5. The van der Waals surface area contributed by atoms with Crippen LogP contribution in [0.25, 0.3) is 0 Å². The number of benzene rings is 1. The molecule has 4 nitrogen and oxygen atoms in total. The Kier molecular flexibility index (Phi) is 3.63. The van der Waals surface area contributed by atoms with Crippen molar-refractivity contribution in [2.75, 3.05) is 13.1 Å². The van der Waals surface area contributed by atoms with Gasteiger partial charge in [0, 0.05) is 23.3 Å². The molecule has 1 aromatic rings. The Hall–Kier alpha value is -1.39. The van der Waals surface area contributed by atoms with E-state index in [2.05, 4.69) is 38.1 Å². The van der Waals surface area contributed by atoms with E-state index in [1.54, 1.807) is 0 Å². The van der Waals surface area contributed by atoms with Crippen molar-refractivity contribution in [3.63, 3.8) is 0 Å². The van der Waals surface area contributed by atoms with Gasteiger partial charge in [0.1, 0.15) is 24.2 Å².